The third-order valence-electron chi connectivity index (χ3n) is 0.274. The van der Waals surface area contributed by atoms with Gasteiger partial charge in [0.1, 0.15) is 0 Å². The van der Waals surface area contributed by atoms with Crippen LogP contribution in [0.4, 0.5) is 0 Å². The quantitative estimate of drug-likeness (QED) is 0.355. The Bertz CT molecular complexity index is 89.2. The van der Waals surface area contributed by atoms with Gasteiger partial charge in [-0.25, -0.2) is 4.89 Å². The Morgan fingerprint density at radius 1 is 1.33 bits per heavy atom. The SMILES string of the molecule is CC(C)(C)OO.O=[Se]=O. The van der Waals surface area contributed by atoms with Crippen LogP contribution in [0, 0.1) is 0 Å². The third kappa shape index (κ3) is 31.7. The van der Waals surface area contributed by atoms with Crippen LogP contribution in [0.15, 0.2) is 0 Å². The van der Waals surface area contributed by atoms with Gasteiger partial charge in [-0.3, -0.25) is 5.26 Å². The Kier molecular flexibility index (Phi) is 8.07. The number of rotatable bonds is 0. The van der Waals surface area contributed by atoms with E-state index in [1.54, 1.807) is 20.8 Å². The molecule has 5 heteroatoms. The minimum atomic E-state index is -1.62. The molecule has 0 aromatic carbocycles. The molecule has 0 rings (SSSR count). The van der Waals surface area contributed by atoms with E-state index in [1.165, 1.54) is 0 Å². The third-order valence-corrected chi connectivity index (χ3v) is 0.274. The van der Waals surface area contributed by atoms with Gasteiger partial charge >= 0.3 is 22.5 Å². The molecule has 0 unspecified atom stereocenters. The molecular weight excluding hydrogens is 191 g/mol. The van der Waals surface area contributed by atoms with Gasteiger partial charge in [0, 0.05) is 0 Å². The van der Waals surface area contributed by atoms with Gasteiger partial charge in [-0.1, -0.05) is 0 Å². The van der Waals surface area contributed by atoms with Gasteiger partial charge in [-0.05, 0) is 20.8 Å². The molecule has 56 valence electrons. The van der Waals surface area contributed by atoms with Crippen molar-refractivity contribution >= 4 is 14.8 Å². The van der Waals surface area contributed by atoms with Gasteiger partial charge in [0.25, 0.3) is 0 Å². The van der Waals surface area contributed by atoms with Crippen molar-refractivity contribution in [3.63, 3.8) is 0 Å². The molecule has 0 saturated carbocycles. The molecule has 0 spiro atoms. The number of hydrogen-bond acceptors (Lipinski definition) is 4. The molecule has 1 N–H and O–H groups in total. The first kappa shape index (κ1) is 11.8. The Balaban J connectivity index is 0. The van der Waals surface area contributed by atoms with Gasteiger partial charge in [-0.15, -0.1) is 0 Å². The predicted octanol–water partition coefficient (Wildman–Crippen LogP) is 0.656. The fourth-order valence-corrected chi connectivity index (χ4v) is 0. The number of hydrogen-bond donors (Lipinski definition) is 1. The first-order valence-electron chi connectivity index (χ1n) is 2.22. The molecule has 4 nitrogen and oxygen atoms in total. The minimum absolute atomic E-state index is 0.403. The molecular formula is C4H10O4Se. The Morgan fingerprint density at radius 2 is 1.44 bits per heavy atom. The van der Waals surface area contributed by atoms with Gasteiger partial charge in [0.05, 0.1) is 5.60 Å². The zero-order valence-corrected chi connectivity index (χ0v) is 7.29. The fourth-order valence-electron chi connectivity index (χ4n) is 0. The second kappa shape index (κ2) is 6.16. The first-order chi connectivity index (χ1) is 3.97. The van der Waals surface area contributed by atoms with Gasteiger partial charge in [0.2, 0.25) is 0 Å². The van der Waals surface area contributed by atoms with E-state index >= 15 is 0 Å². The summed E-state index contributed by atoms with van der Waals surface area (Å²) in [5, 5.41) is 7.90. The summed E-state index contributed by atoms with van der Waals surface area (Å²) in [6.45, 7) is 5.31. The summed E-state index contributed by atoms with van der Waals surface area (Å²) in [5.41, 5.74) is -0.403. The van der Waals surface area contributed by atoms with Crippen LogP contribution in [0.25, 0.3) is 0 Å². The summed E-state index contributed by atoms with van der Waals surface area (Å²) in [7, 11) is 0. The Hall–Kier alpha value is 0.0395. The van der Waals surface area contributed by atoms with Crippen LogP contribution >= 0.6 is 0 Å². The van der Waals surface area contributed by atoms with Crippen molar-refractivity contribution in [2.45, 2.75) is 26.4 Å². The second-order valence-corrected chi connectivity index (χ2v) is 2.56. The van der Waals surface area contributed by atoms with Gasteiger partial charge < -0.3 is 0 Å². The summed E-state index contributed by atoms with van der Waals surface area (Å²) < 4.78 is 16.9. The van der Waals surface area contributed by atoms with Crippen LogP contribution in [0.5, 0.6) is 0 Å². The van der Waals surface area contributed by atoms with Crippen LogP contribution in [0.1, 0.15) is 20.8 Å². The van der Waals surface area contributed by atoms with Crippen molar-refractivity contribution in [3.8, 4) is 0 Å². The standard InChI is InChI=1S/C4H10O2.O2Se/c1-4(2,3)6-5;1-3-2/h5H,1-3H3;. The van der Waals surface area contributed by atoms with E-state index in [9.17, 15) is 0 Å². The fraction of sp³-hybridized carbons (Fsp3) is 1.00. The van der Waals surface area contributed by atoms with Crippen molar-refractivity contribution in [2.24, 2.45) is 0 Å². The van der Waals surface area contributed by atoms with Crippen molar-refractivity contribution in [1.82, 2.24) is 0 Å². The van der Waals surface area contributed by atoms with Crippen LogP contribution in [-0.4, -0.2) is 25.7 Å². The molecule has 0 heterocycles. The first-order valence-corrected chi connectivity index (χ1v) is 3.62. The van der Waals surface area contributed by atoms with E-state index in [4.69, 9.17) is 12.9 Å². The summed E-state index contributed by atoms with van der Waals surface area (Å²) in [4.78, 5) is 3.94. The molecule has 0 aromatic heterocycles. The summed E-state index contributed by atoms with van der Waals surface area (Å²) >= 11 is -1.62. The van der Waals surface area contributed by atoms with Crippen LogP contribution in [0.3, 0.4) is 0 Å². The maximum atomic E-state index is 8.44. The Morgan fingerprint density at radius 3 is 1.44 bits per heavy atom. The van der Waals surface area contributed by atoms with Crippen molar-refractivity contribution in [3.05, 3.63) is 0 Å². The van der Waals surface area contributed by atoms with Crippen LogP contribution < -0.4 is 0 Å². The molecule has 0 aliphatic heterocycles. The molecule has 0 bridgehead atoms. The molecule has 0 fully saturated rings. The molecule has 0 radical (unpaired) electrons. The average Bonchev–Trinajstić information content (AvgIpc) is 1.67. The van der Waals surface area contributed by atoms with Crippen molar-refractivity contribution in [1.29, 1.82) is 0 Å². The Labute approximate surface area is 59.7 Å². The van der Waals surface area contributed by atoms with E-state index in [1.807, 2.05) is 0 Å². The molecule has 0 atom stereocenters. The monoisotopic (exact) mass is 202 g/mol. The molecule has 0 saturated heterocycles. The van der Waals surface area contributed by atoms with Crippen LogP contribution in [-0.2, 0) is 12.6 Å². The predicted molar refractivity (Wildman–Crippen MR) is 30.6 cm³/mol. The molecule has 0 aliphatic carbocycles. The zero-order chi connectivity index (χ0) is 7.91. The molecule has 0 aliphatic rings. The summed E-state index contributed by atoms with van der Waals surface area (Å²) in [5.74, 6) is 0. The second-order valence-electron chi connectivity index (χ2n) is 2.27. The van der Waals surface area contributed by atoms with E-state index in [-0.39, 0.29) is 0 Å². The normalized spacial score (nSPS) is 9.33. The van der Waals surface area contributed by atoms with Gasteiger partial charge in [-0.2, -0.15) is 0 Å². The maximum absolute atomic E-state index is 8.44. The molecule has 9 heavy (non-hydrogen) atoms. The van der Waals surface area contributed by atoms with E-state index in [0.29, 0.717) is 0 Å². The molecule has 0 amide bonds. The average molecular weight is 201 g/mol. The van der Waals surface area contributed by atoms with E-state index in [0.717, 1.165) is 0 Å². The zero-order valence-electron chi connectivity index (χ0n) is 5.58. The van der Waals surface area contributed by atoms with E-state index in [2.05, 4.69) is 4.89 Å². The summed E-state index contributed by atoms with van der Waals surface area (Å²) in [6, 6.07) is 0. The van der Waals surface area contributed by atoms with Crippen LogP contribution in [0.2, 0.25) is 0 Å². The van der Waals surface area contributed by atoms with E-state index < -0.39 is 20.4 Å². The molecule has 0 aromatic rings. The topological polar surface area (TPSA) is 63.6 Å². The summed E-state index contributed by atoms with van der Waals surface area (Å²) in [6.07, 6.45) is 0. The van der Waals surface area contributed by atoms with Gasteiger partial charge in [0.15, 0.2) is 0 Å². The van der Waals surface area contributed by atoms with Crippen molar-refractivity contribution < 1.29 is 17.8 Å². The van der Waals surface area contributed by atoms with Crippen molar-refractivity contribution in [2.75, 3.05) is 0 Å².